The lowest BCUT2D eigenvalue weighted by Crippen LogP contribution is -2.41. The summed E-state index contributed by atoms with van der Waals surface area (Å²) in [6.07, 6.45) is 5.30. The fraction of sp³-hybridized carbons (Fsp3) is 0.722. The monoisotopic (exact) mass is 365 g/mol. The van der Waals surface area contributed by atoms with Gasteiger partial charge in [-0.1, -0.05) is 11.6 Å². The predicted octanol–water partition coefficient (Wildman–Crippen LogP) is 2.98. The van der Waals surface area contributed by atoms with E-state index in [1.54, 1.807) is 19.9 Å². The van der Waals surface area contributed by atoms with E-state index in [4.69, 9.17) is 4.52 Å². The normalized spacial score (nSPS) is 27.1. The molecule has 0 saturated heterocycles. The Morgan fingerprint density at radius 3 is 2.76 bits per heavy atom. The standard InChI is InChI=1S/C18H27N3O3S/c1-10-6-16(21-24-10)20-18(23)12(3)25-9-17(22)19-11(2)15-8-13-4-5-14(15)7-13/h6,11-15H,4-5,7-9H2,1-3H3,(H,19,22)(H,20,21,23). The second-order valence-electron chi connectivity index (χ2n) is 7.46. The Bertz CT molecular complexity index is 633. The molecule has 5 atom stereocenters. The molecule has 2 aliphatic rings. The van der Waals surface area contributed by atoms with Gasteiger partial charge in [0.2, 0.25) is 11.8 Å². The summed E-state index contributed by atoms with van der Waals surface area (Å²) < 4.78 is 4.92. The second kappa shape index (κ2) is 7.81. The van der Waals surface area contributed by atoms with Gasteiger partial charge in [0.25, 0.3) is 0 Å². The van der Waals surface area contributed by atoms with Crippen molar-refractivity contribution in [3.05, 3.63) is 11.8 Å². The maximum Gasteiger partial charge on any atom is 0.238 e. The number of hydrogen-bond acceptors (Lipinski definition) is 5. The van der Waals surface area contributed by atoms with Crippen molar-refractivity contribution in [3.63, 3.8) is 0 Å². The Morgan fingerprint density at radius 1 is 1.36 bits per heavy atom. The van der Waals surface area contributed by atoms with Crippen LogP contribution in [0.4, 0.5) is 5.82 Å². The quantitative estimate of drug-likeness (QED) is 0.776. The number of thioether (sulfide) groups is 1. The molecule has 2 N–H and O–H groups in total. The number of carbonyl (C=O) groups excluding carboxylic acids is 2. The number of aromatic nitrogens is 1. The third-order valence-electron chi connectivity index (χ3n) is 5.54. The van der Waals surface area contributed by atoms with E-state index in [0.29, 0.717) is 17.5 Å². The summed E-state index contributed by atoms with van der Waals surface area (Å²) in [5.74, 6) is 3.48. The molecule has 1 aromatic heterocycles. The minimum absolute atomic E-state index is 0.0113. The molecule has 0 radical (unpaired) electrons. The van der Waals surface area contributed by atoms with Crippen LogP contribution in [0.3, 0.4) is 0 Å². The van der Waals surface area contributed by atoms with Gasteiger partial charge in [-0.25, -0.2) is 0 Å². The van der Waals surface area contributed by atoms with Crippen molar-refractivity contribution in [3.8, 4) is 0 Å². The zero-order chi connectivity index (χ0) is 18.0. The van der Waals surface area contributed by atoms with Gasteiger partial charge in [0, 0.05) is 12.1 Å². The Kier molecular flexibility index (Phi) is 5.71. The second-order valence-corrected chi connectivity index (χ2v) is 8.79. The minimum atomic E-state index is -0.333. The van der Waals surface area contributed by atoms with Crippen LogP contribution in [-0.4, -0.2) is 34.0 Å². The highest BCUT2D eigenvalue weighted by atomic mass is 32.2. The van der Waals surface area contributed by atoms with Gasteiger partial charge in [0.15, 0.2) is 5.82 Å². The van der Waals surface area contributed by atoms with Crippen molar-refractivity contribution >= 4 is 29.4 Å². The van der Waals surface area contributed by atoms with Crippen LogP contribution in [0, 0.1) is 24.7 Å². The lowest BCUT2D eigenvalue weighted by atomic mass is 9.84. The molecule has 2 amide bonds. The number of aryl methyl sites for hydroxylation is 1. The van der Waals surface area contributed by atoms with Gasteiger partial charge in [-0.15, -0.1) is 11.8 Å². The number of rotatable bonds is 7. The Labute approximate surface area is 152 Å². The summed E-state index contributed by atoms with van der Waals surface area (Å²) >= 11 is 1.34. The molecule has 2 saturated carbocycles. The summed E-state index contributed by atoms with van der Waals surface area (Å²) in [4.78, 5) is 24.3. The molecule has 0 aliphatic heterocycles. The SMILES string of the molecule is Cc1cc(NC(=O)C(C)SCC(=O)NC(C)C2CC3CCC2C3)no1. The van der Waals surface area contributed by atoms with E-state index in [9.17, 15) is 9.59 Å². The van der Waals surface area contributed by atoms with Crippen LogP contribution in [0.2, 0.25) is 0 Å². The van der Waals surface area contributed by atoms with E-state index in [-0.39, 0.29) is 28.9 Å². The highest BCUT2D eigenvalue weighted by molar-refractivity contribution is 8.01. The first-order chi connectivity index (χ1) is 11.9. The van der Waals surface area contributed by atoms with Crippen LogP contribution in [0.1, 0.15) is 45.3 Å². The third-order valence-corrected chi connectivity index (χ3v) is 6.68. The van der Waals surface area contributed by atoms with Crippen LogP contribution < -0.4 is 10.6 Å². The fourth-order valence-electron chi connectivity index (χ4n) is 4.24. The van der Waals surface area contributed by atoms with Crippen molar-refractivity contribution in [1.29, 1.82) is 0 Å². The number of hydrogen-bond donors (Lipinski definition) is 2. The fourth-order valence-corrected chi connectivity index (χ4v) is 4.93. The van der Waals surface area contributed by atoms with Gasteiger partial charge in [-0.2, -0.15) is 0 Å². The van der Waals surface area contributed by atoms with Crippen LogP contribution in [0.15, 0.2) is 10.6 Å². The van der Waals surface area contributed by atoms with E-state index in [1.807, 2.05) is 0 Å². The summed E-state index contributed by atoms with van der Waals surface area (Å²) in [6, 6.07) is 1.89. The molecule has 25 heavy (non-hydrogen) atoms. The summed E-state index contributed by atoms with van der Waals surface area (Å²) in [7, 11) is 0. The summed E-state index contributed by atoms with van der Waals surface area (Å²) in [5, 5.41) is 9.24. The van der Waals surface area contributed by atoms with Crippen molar-refractivity contribution < 1.29 is 14.1 Å². The van der Waals surface area contributed by atoms with Crippen molar-refractivity contribution in [2.45, 2.75) is 57.7 Å². The number of carbonyl (C=O) groups is 2. The molecule has 138 valence electrons. The maximum absolute atomic E-state index is 12.2. The van der Waals surface area contributed by atoms with E-state index in [1.165, 1.54) is 37.4 Å². The highest BCUT2D eigenvalue weighted by Crippen LogP contribution is 2.49. The molecule has 1 aromatic rings. The molecular weight excluding hydrogens is 338 g/mol. The molecule has 2 bridgehead atoms. The molecule has 7 heteroatoms. The Hall–Kier alpha value is -1.50. The zero-order valence-corrected chi connectivity index (χ0v) is 15.9. The molecule has 6 nitrogen and oxygen atoms in total. The molecule has 3 rings (SSSR count). The molecule has 1 heterocycles. The maximum atomic E-state index is 12.2. The average Bonchev–Trinajstić information content (AvgIpc) is 3.29. The van der Waals surface area contributed by atoms with E-state index in [0.717, 1.165) is 11.8 Å². The lowest BCUT2D eigenvalue weighted by Gasteiger charge is -2.28. The number of nitrogens with one attached hydrogen (secondary N) is 2. The first-order valence-electron chi connectivity index (χ1n) is 9.07. The van der Waals surface area contributed by atoms with Gasteiger partial charge in [-0.05, 0) is 57.8 Å². The van der Waals surface area contributed by atoms with Gasteiger partial charge in [0.05, 0.1) is 11.0 Å². The molecule has 2 fully saturated rings. The largest absolute Gasteiger partial charge is 0.360 e. The Morgan fingerprint density at radius 2 is 2.16 bits per heavy atom. The van der Waals surface area contributed by atoms with Crippen molar-refractivity contribution in [2.24, 2.45) is 17.8 Å². The van der Waals surface area contributed by atoms with Gasteiger partial charge >= 0.3 is 0 Å². The Balaban J connectivity index is 1.38. The number of nitrogens with zero attached hydrogens (tertiary/aromatic N) is 1. The topological polar surface area (TPSA) is 84.2 Å². The molecule has 0 spiro atoms. The van der Waals surface area contributed by atoms with Crippen LogP contribution in [-0.2, 0) is 9.59 Å². The predicted molar refractivity (Wildman–Crippen MR) is 98.3 cm³/mol. The first-order valence-corrected chi connectivity index (χ1v) is 10.1. The number of fused-ring (bicyclic) bond motifs is 2. The first kappa shape index (κ1) is 18.3. The van der Waals surface area contributed by atoms with Crippen LogP contribution in [0.25, 0.3) is 0 Å². The highest BCUT2D eigenvalue weighted by Gasteiger charge is 2.42. The van der Waals surface area contributed by atoms with Crippen LogP contribution in [0.5, 0.6) is 0 Å². The van der Waals surface area contributed by atoms with E-state index >= 15 is 0 Å². The van der Waals surface area contributed by atoms with Crippen molar-refractivity contribution in [2.75, 3.05) is 11.1 Å². The average molecular weight is 365 g/mol. The summed E-state index contributed by atoms with van der Waals surface area (Å²) in [6.45, 7) is 5.68. The molecule has 0 aromatic carbocycles. The van der Waals surface area contributed by atoms with Crippen LogP contribution >= 0.6 is 11.8 Å². The van der Waals surface area contributed by atoms with Crippen molar-refractivity contribution in [1.82, 2.24) is 10.5 Å². The molecular formula is C18H27N3O3S. The van der Waals surface area contributed by atoms with Gasteiger partial charge < -0.3 is 15.2 Å². The smallest absolute Gasteiger partial charge is 0.238 e. The zero-order valence-electron chi connectivity index (χ0n) is 15.1. The van der Waals surface area contributed by atoms with Gasteiger partial charge in [-0.3, -0.25) is 9.59 Å². The molecule has 2 aliphatic carbocycles. The number of amides is 2. The van der Waals surface area contributed by atoms with E-state index < -0.39 is 0 Å². The lowest BCUT2D eigenvalue weighted by molar-refractivity contribution is -0.119. The van der Waals surface area contributed by atoms with E-state index in [2.05, 4.69) is 22.7 Å². The number of anilines is 1. The molecule has 5 unspecified atom stereocenters. The van der Waals surface area contributed by atoms with Gasteiger partial charge in [0.1, 0.15) is 5.76 Å². The summed E-state index contributed by atoms with van der Waals surface area (Å²) in [5.41, 5.74) is 0. The third kappa shape index (κ3) is 4.57. The minimum Gasteiger partial charge on any atom is -0.360 e.